The summed E-state index contributed by atoms with van der Waals surface area (Å²) < 4.78 is 10.9. The van der Waals surface area contributed by atoms with Crippen molar-refractivity contribution >= 4 is 18.0 Å². The maximum absolute atomic E-state index is 13.0. The van der Waals surface area contributed by atoms with Gasteiger partial charge in [0.1, 0.15) is 12.6 Å². The first-order valence-electron chi connectivity index (χ1n) is 11.8. The maximum Gasteiger partial charge on any atom is 0.407 e. The summed E-state index contributed by atoms with van der Waals surface area (Å²) in [6, 6.07) is 14.3. The number of hydrogen-bond donors (Lipinski definition) is 3. The zero-order valence-corrected chi connectivity index (χ0v) is 20.8. The second kappa shape index (κ2) is 11.4. The summed E-state index contributed by atoms with van der Waals surface area (Å²) in [6.07, 6.45) is -1.41. The number of carboxylic acids is 1. The normalized spacial score (nSPS) is 15.9. The van der Waals surface area contributed by atoms with Crippen molar-refractivity contribution in [2.24, 2.45) is 11.8 Å². The average molecular weight is 483 g/mol. The van der Waals surface area contributed by atoms with E-state index in [4.69, 9.17) is 9.47 Å². The SMILES string of the molecule is COC(C)C(NC(=O)OCC1c2ccccc2-c2ccccc21)C(=O)NC(C)C(C(=O)O)C(C)C. The van der Waals surface area contributed by atoms with Gasteiger partial charge in [-0.1, -0.05) is 62.4 Å². The molecule has 2 amide bonds. The van der Waals surface area contributed by atoms with Crippen molar-refractivity contribution in [3.63, 3.8) is 0 Å². The number of rotatable bonds is 10. The molecule has 2 aromatic rings. The zero-order valence-electron chi connectivity index (χ0n) is 20.8. The molecule has 8 nitrogen and oxygen atoms in total. The van der Waals surface area contributed by atoms with Crippen LogP contribution in [0.1, 0.15) is 44.7 Å². The Morgan fingerprint density at radius 2 is 1.46 bits per heavy atom. The molecule has 0 heterocycles. The predicted molar refractivity (Wildman–Crippen MR) is 132 cm³/mol. The van der Waals surface area contributed by atoms with Gasteiger partial charge in [-0.2, -0.15) is 0 Å². The monoisotopic (exact) mass is 482 g/mol. The molecule has 1 aliphatic rings. The topological polar surface area (TPSA) is 114 Å². The molecule has 2 aromatic carbocycles. The first-order valence-corrected chi connectivity index (χ1v) is 11.8. The van der Waals surface area contributed by atoms with Gasteiger partial charge < -0.3 is 25.2 Å². The van der Waals surface area contributed by atoms with E-state index < -0.39 is 42.1 Å². The van der Waals surface area contributed by atoms with Crippen molar-refractivity contribution in [2.45, 2.75) is 51.8 Å². The Balaban J connectivity index is 1.67. The van der Waals surface area contributed by atoms with Crippen LogP contribution in [0, 0.1) is 11.8 Å². The number of fused-ring (bicyclic) bond motifs is 3. The van der Waals surface area contributed by atoms with Crippen LogP contribution in [0.2, 0.25) is 0 Å². The van der Waals surface area contributed by atoms with Crippen molar-refractivity contribution in [3.05, 3.63) is 59.7 Å². The van der Waals surface area contributed by atoms with Crippen molar-refractivity contribution in [1.29, 1.82) is 0 Å². The van der Waals surface area contributed by atoms with Gasteiger partial charge in [-0.05, 0) is 42.0 Å². The highest BCUT2D eigenvalue weighted by Crippen LogP contribution is 2.44. The number of methoxy groups -OCH3 is 1. The van der Waals surface area contributed by atoms with Gasteiger partial charge in [0.05, 0.1) is 12.0 Å². The zero-order chi connectivity index (χ0) is 25.7. The van der Waals surface area contributed by atoms with E-state index in [1.807, 2.05) is 36.4 Å². The third-order valence-electron chi connectivity index (χ3n) is 6.65. The van der Waals surface area contributed by atoms with E-state index in [0.29, 0.717) is 0 Å². The van der Waals surface area contributed by atoms with E-state index in [9.17, 15) is 19.5 Å². The van der Waals surface area contributed by atoms with Gasteiger partial charge >= 0.3 is 12.1 Å². The van der Waals surface area contributed by atoms with Crippen molar-refractivity contribution in [2.75, 3.05) is 13.7 Å². The van der Waals surface area contributed by atoms with Crippen LogP contribution in [0.4, 0.5) is 4.79 Å². The predicted octanol–water partition coefficient (Wildman–Crippen LogP) is 3.79. The van der Waals surface area contributed by atoms with Gasteiger partial charge in [0.2, 0.25) is 5.91 Å². The lowest BCUT2D eigenvalue weighted by Gasteiger charge is -2.28. The molecule has 1 aliphatic carbocycles. The number of aliphatic carboxylic acids is 1. The fraction of sp³-hybridized carbons (Fsp3) is 0.444. The molecule has 0 radical (unpaired) electrons. The highest BCUT2D eigenvalue weighted by Gasteiger charge is 2.34. The summed E-state index contributed by atoms with van der Waals surface area (Å²) in [6.45, 7) is 6.96. The minimum Gasteiger partial charge on any atom is -0.481 e. The van der Waals surface area contributed by atoms with Crippen LogP contribution in [-0.2, 0) is 19.1 Å². The van der Waals surface area contributed by atoms with Crippen LogP contribution in [0.3, 0.4) is 0 Å². The van der Waals surface area contributed by atoms with E-state index in [2.05, 4.69) is 22.8 Å². The number of alkyl carbamates (subject to hydrolysis) is 1. The lowest BCUT2D eigenvalue weighted by atomic mass is 9.89. The summed E-state index contributed by atoms with van der Waals surface area (Å²) in [7, 11) is 1.43. The molecule has 0 fully saturated rings. The Labute approximate surface area is 206 Å². The standard InChI is InChI=1S/C27H34N2O6/c1-15(2)23(26(31)32)16(3)28-25(30)24(17(4)34-5)29-27(33)35-14-22-20-12-8-6-10-18(20)19-11-7-9-13-21(19)22/h6-13,15-17,22-24H,14H2,1-5H3,(H,28,30)(H,29,33)(H,31,32). The number of benzene rings is 2. The number of carboxylic acid groups (broad SMARTS) is 1. The van der Waals surface area contributed by atoms with E-state index in [1.54, 1.807) is 27.7 Å². The summed E-state index contributed by atoms with van der Waals surface area (Å²) in [5.74, 6) is -2.59. The molecule has 0 saturated heterocycles. The third kappa shape index (κ3) is 5.82. The van der Waals surface area contributed by atoms with E-state index >= 15 is 0 Å². The van der Waals surface area contributed by atoms with Gasteiger partial charge in [0, 0.05) is 19.1 Å². The largest absolute Gasteiger partial charge is 0.481 e. The molecule has 0 aromatic heterocycles. The molecular formula is C27H34N2O6. The summed E-state index contributed by atoms with van der Waals surface area (Å²) >= 11 is 0. The summed E-state index contributed by atoms with van der Waals surface area (Å²) in [5.41, 5.74) is 4.41. The second-order valence-electron chi connectivity index (χ2n) is 9.29. The van der Waals surface area contributed by atoms with Crippen LogP contribution in [0.25, 0.3) is 11.1 Å². The molecule has 0 spiro atoms. The quantitative estimate of drug-likeness (QED) is 0.475. The van der Waals surface area contributed by atoms with Gasteiger partial charge in [0.15, 0.2) is 0 Å². The first kappa shape index (κ1) is 26.2. The minimum absolute atomic E-state index is 0.109. The number of ether oxygens (including phenoxy) is 2. The molecule has 4 atom stereocenters. The number of hydrogen-bond acceptors (Lipinski definition) is 5. The van der Waals surface area contributed by atoms with Crippen molar-refractivity contribution in [3.8, 4) is 11.1 Å². The van der Waals surface area contributed by atoms with Crippen molar-refractivity contribution < 1.29 is 29.0 Å². The highest BCUT2D eigenvalue weighted by atomic mass is 16.5. The van der Waals surface area contributed by atoms with E-state index in [0.717, 1.165) is 22.3 Å². The Hall–Kier alpha value is -3.39. The Bertz CT molecular complexity index is 1020. The maximum atomic E-state index is 13.0. The molecule has 3 N–H and O–H groups in total. The van der Waals surface area contributed by atoms with Gasteiger partial charge in [0.25, 0.3) is 0 Å². The fourth-order valence-electron chi connectivity index (χ4n) is 4.78. The van der Waals surface area contributed by atoms with E-state index in [1.165, 1.54) is 7.11 Å². The number of carbonyl (C=O) groups is 3. The van der Waals surface area contributed by atoms with Crippen LogP contribution in [0.15, 0.2) is 48.5 Å². The fourth-order valence-corrected chi connectivity index (χ4v) is 4.78. The molecular weight excluding hydrogens is 448 g/mol. The molecule has 35 heavy (non-hydrogen) atoms. The number of carbonyl (C=O) groups excluding carboxylic acids is 2. The molecule has 0 bridgehead atoms. The van der Waals surface area contributed by atoms with Gasteiger partial charge in [-0.15, -0.1) is 0 Å². The number of nitrogens with one attached hydrogen (secondary N) is 2. The van der Waals surface area contributed by atoms with Crippen LogP contribution in [-0.4, -0.2) is 55.0 Å². The van der Waals surface area contributed by atoms with Crippen molar-refractivity contribution in [1.82, 2.24) is 10.6 Å². The lowest BCUT2D eigenvalue weighted by Crippen LogP contribution is -2.56. The minimum atomic E-state index is -1.06. The Morgan fingerprint density at radius 1 is 0.914 bits per heavy atom. The van der Waals surface area contributed by atoms with Gasteiger partial charge in [-0.25, -0.2) is 4.79 Å². The Kier molecular flexibility index (Phi) is 8.51. The lowest BCUT2D eigenvalue weighted by molar-refractivity contribution is -0.144. The summed E-state index contributed by atoms with van der Waals surface area (Å²) in [5, 5.41) is 14.8. The van der Waals surface area contributed by atoms with Crippen LogP contribution >= 0.6 is 0 Å². The highest BCUT2D eigenvalue weighted by molar-refractivity contribution is 5.87. The molecule has 8 heteroatoms. The molecule has 188 valence electrons. The second-order valence-corrected chi connectivity index (χ2v) is 9.29. The van der Waals surface area contributed by atoms with Crippen LogP contribution in [0.5, 0.6) is 0 Å². The van der Waals surface area contributed by atoms with Crippen LogP contribution < -0.4 is 10.6 Å². The van der Waals surface area contributed by atoms with E-state index in [-0.39, 0.29) is 18.4 Å². The number of amides is 2. The average Bonchev–Trinajstić information content (AvgIpc) is 3.13. The third-order valence-corrected chi connectivity index (χ3v) is 6.65. The molecule has 3 rings (SSSR count). The Morgan fingerprint density at radius 3 is 1.94 bits per heavy atom. The van der Waals surface area contributed by atoms with Gasteiger partial charge in [-0.3, -0.25) is 9.59 Å². The first-order chi connectivity index (χ1) is 16.6. The molecule has 4 unspecified atom stereocenters. The summed E-state index contributed by atoms with van der Waals surface area (Å²) in [4.78, 5) is 37.3. The molecule has 0 saturated carbocycles. The smallest absolute Gasteiger partial charge is 0.407 e. The molecule has 0 aliphatic heterocycles.